The molecule has 0 radical (unpaired) electrons. The maximum atomic E-state index is 12.0. The van der Waals surface area contributed by atoms with Crippen LogP contribution in [0.2, 0.25) is 0 Å². The lowest BCUT2D eigenvalue weighted by atomic mass is 10.2. The summed E-state index contributed by atoms with van der Waals surface area (Å²) in [6.07, 6.45) is 4.75. The molecule has 2 amide bonds. The van der Waals surface area contributed by atoms with E-state index in [1.54, 1.807) is 0 Å². The summed E-state index contributed by atoms with van der Waals surface area (Å²) in [6, 6.07) is 0. The number of β-amino-alcohol motifs (C(OH)–C–C–N with tert-alkyl or cyclic N) is 1. The van der Waals surface area contributed by atoms with E-state index in [9.17, 15) is 9.59 Å². The van der Waals surface area contributed by atoms with Gasteiger partial charge in [-0.2, -0.15) is 0 Å². The van der Waals surface area contributed by atoms with E-state index < -0.39 is 0 Å². The van der Waals surface area contributed by atoms with Gasteiger partial charge < -0.3 is 15.3 Å². The molecule has 2 fully saturated rings. The molecule has 7 heteroatoms. The number of rotatable bonds is 8. The number of piperazine rings is 1. The molecule has 2 aliphatic rings. The molecule has 138 valence electrons. The zero-order valence-corrected chi connectivity index (χ0v) is 14.7. The molecule has 2 rings (SSSR count). The van der Waals surface area contributed by atoms with Crippen molar-refractivity contribution in [3.05, 3.63) is 0 Å². The Labute approximate surface area is 145 Å². The summed E-state index contributed by atoms with van der Waals surface area (Å²) in [5, 5.41) is 11.9. The smallest absolute Gasteiger partial charge is 0.234 e. The van der Waals surface area contributed by atoms with Crippen LogP contribution in [0.4, 0.5) is 0 Å². The van der Waals surface area contributed by atoms with Crippen molar-refractivity contribution in [2.45, 2.75) is 32.1 Å². The van der Waals surface area contributed by atoms with Gasteiger partial charge in [0.25, 0.3) is 0 Å². The molecule has 0 bridgehead atoms. The predicted molar refractivity (Wildman–Crippen MR) is 92.6 cm³/mol. The number of hydrogen-bond acceptors (Lipinski definition) is 5. The Morgan fingerprint density at radius 1 is 1.00 bits per heavy atom. The number of aliphatic hydroxyl groups is 1. The van der Waals surface area contributed by atoms with E-state index in [0.717, 1.165) is 71.5 Å². The van der Waals surface area contributed by atoms with Gasteiger partial charge in [-0.1, -0.05) is 6.42 Å². The molecule has 0 unspecified atom stereocenters. The molecule has 2 aliphatic heterocycles. The normalized spacial score (nSPS) is 20.9. The van der Waals surface area contributed by atoms with Crippen molar-refractivity contribution in [1.82, 2.24) is 20.0 Å². The third-order valence-electron chi connectivity index (χ3n) is 4.85. The van der Waals surface area contributed by atoms with Gasteiger partial charge in [-0.15, -0.1) is 0 Å². The van der Waals surface area contributed by atoms with Gasteiger partial charge in [0.1, 0.15) is 0 Å². The molecule has 0 aromatic heterocycles. The topological polar surface area (TPSA) is 76.1 Å². The lowest BCUT2D eigenvalue weighted by Gasteiger charge is -2.33. The van der Waals surface area contributed by atoms with Crippen LogP contribution in [-0.4, -0.2) is 97.1 Å². The van der Waals surface area contributed by atoms with Crippen molar-refractivity contribution in [3.8, 4) is 0 Å². The molecule has 0 aromatic carbocycles. The molecule has 24 heavy (non-hydrogen) atoms. The van der Waals surface area contributed by atoms with Crippen molar-refractivity contribution < 1.29 is 14.7 Å². The van der Waals surface area contributed by atoms with Crippen LogP contribution in [0.25, 0.3) is 0 Å². The summed E-state index contributed by atoms with van der Waals surface area (Å²) in [6.45, 7) is 7.16. The molecule has 7 nitrogen and oxygen atoms in total. The van der Waals surface area contributed by atoms with Crippen molar-refractivity contribution in [1.29, 1.82) is 0 Å². The van der Waals surface area contributed by atoms with Crippen LogP contribution >= 0.6 is 0 Å². The molecule has 2 saturated heterocycles. The van der Waals surface area contributed by atoms with Crippen molar-refractivity contribution >= 4 is 11.8 Å². The summed E-state index contributed by atoms with van der Waals surface area (Å²) in [7, 11) is 0. The van der Waals surface area contributed by atoms with E-state index >= 15 is 0 Å². The van der Waals surface area contributed by atoms with Crippen LogP contribution < -0.4 is 5.32 Å². The summed E-state index contributed by atoms with van der Waals surface area (Å²) < 4.78 is 0. The molecule has 2 N–H and O–H groups in total. The zero-order chi connectivity index (χ0) is 17.2. The van der Waals surface area contributed by atoms with Gasteiger partial charge in [0.2, 0.25) is 11.8 Å². The minimum Gasteiger partial charge on any atom is -0.395 e. The van der Waals surface area contributed by atoms with Crippen molar-refractivity contribution in [3.63, 3.8) is 0 Å². The minimum absolute atomic E-state index is 0.0628. The van der Waals surface area contributed by atoms with Crippen LogP contribution in [0, 0.1) is 0 Å². The number of nitrogens with zero attached hydrogens (tertiary/aromatic N) is 3. The fourth-order valence-electron chi connectivity index (χ4n) is 3.34. The zero-order valence-electron chi connectivity index (χ0n) is 14.7. The number of aliphatic hydroxyl groups excluding tert-OH is 1. The molecular formula is C17H32N4O3. The number of amides is 2. The Balaban J connectivity index is 1.54. The summed E-state index contributed by atoms with van der Waals surface area (Å²) >= 11 is 0. The van der Waals surface area contributed by atoms with Gasteiger partial charge in [0.05, 0.1) is 13.2 Å². The monoisotopic (exact) mass is 340 g/mol. The molecule has 2 heterocycles. The van der Waals surface area contributed by atoms with Crippen molar-refractivity contribution in [2.24, 2.45) is 0 Å². The molecule has 0 atom stereocenters. The largest absolute Gasteiger partial charge is 0.395 e. The average Bonchev–Trinajstić information content (AvgIpc) is 2.78. The first kappa shape index (κ1) is 19.1. The van der Waals surface area contributed by atoms with E-state index in [1.165, 1.54) is 0 Å². The van der Waals surface area contributed by atoms with E-state index in [2.05, 4.69) is 15.1 Å². The maximum absolute atomic E-state index is 12.0. The molecule has 0 spiro atoms. The first-order valence-electron chi connectivity index (χ1n) is 9.29. The number of carbonyl (C=O) groups excluding carboxylic acids is 2. The Kier molecular flexibility index (Phi) is 8.49. The first-order valence-corrected chi connectivity index (χ1v) is 9.29. The Morgan fingerprint density at radius 3 is 2.50 bits per heavy atom. The SMILES string of the molecule is O=C(CN1CCN(CCO)CC1)NCCCN1CCCCCC1=O. The molecule has 0 saturated carbocycles. The van der Waals surface area contributed by atoms with Crippen LogP contribution in [0.15, 0.2) is 0 Å². The summed E-state index contributed by atoms with van der Waals surface area (Å²) in [5.41, 5.74) is 0. The summed E-state index contributed by atoms with van der Waals surface area (Å²) in [4.78, 5) is 30.2. The highest BCUT2D eigenvalue weighted by Crippen LogP contribution is 2.11. The second kappa shape index (κ2) is 10.6. The van der Waals surface area contributed by atoms with Crippen molar-refractivity contribution in [2.75, 3.05) is 65.5 Å². The van der Waals surface area contributed by atoms with Gasteiger partial charge >= 0.3 is 0 Å². The molecule has 0 aromatic rings. The Morgan fingerprint density at radius 2 is 1.75 bits per heavy atom. The first-order chi connectivity index (χ1) is 11.7. The van der Waals surface area contributed by atoms with E-state index in [4.69, 9.17) is 5.11 Å². The Hall–Kier alpha value is -1.18. The van der Waals surface area contributed by atoms with Gasteiger partial charge in [-0.05, 0) is 19.3 Å². The van der Waals surface area contributed by atoms with Crippen LogP contribution in [0.1, 0.15) is 32.1 Å². The third kappa shape index (κ3) is 6.75. The van der Waals surface area contributed by atoms with Crippen LogP contribution in [-0.2, 0) is 9.59 Å². The van der Waals surface area contributed by atoms with Gasteiger partial charge in [-0.3, -0.25) is 19.4 Å². The minimum atomic E-state index is 0.0628. The third-order valence-corrected chi connectivity index (χ3v) is 4.85. The standard InChI is InChI=1S/C17H32N4O3/c22-14-13-19-9-11-20(12-10-19)15-16(23)18-6-4-8-21-7-3-1-2-5-17(21)24/h22H,1-15H2,(H,18,23). The maximum Gasteiger partial charge on any atom is 0.234 e. The molecule has 0 aliphatic carbocycles. The highest BCUT2D eigenvalue weighted by Gasteiger charge is 2.19. The molecular weight excluding hydrogens is 308 g/mol. The van der Waals surface area contributed by atoms with E-state index in [-0.39, 0.29) is 18.4 Å². The predicted octanol–water partition coefficient (Wildman–Crippen LogP) is -0.495. The van der Waals surface area contributed by atoms with Gasteiger partial charge in [-0.25, -0.2) is 0 Å². The fourth-order valence-corrected chi connectivity index (χ4v) is 3.34. The second-order valence-electron chi connectivity index (χ2n) is 6.74. The summed E-state index contributed by atoms with van der Waals surface area (Å²) in [5.74, 6) is 0.326. The fraction of sp³-hybridized carbons (Fsp3) is 0.882. The van der Waals surface area contributed by atoms with Crippen LogP contribution in [0.5, 0.6) is 0 Å². The highest BCUT2D eigenvalue weighted by atomic mass is 16.3. The Bertz CT molecular complexity index is 397. The highest BCUT2D eigenvalue weighted by molar-refractivity contribution is 5.78. The quantitative estimate of drug-likeness (QED) is 0.583. The number of likely N-dealkylation sites (tertiary alicyclic amines) is 1. The lowest BCUT2D eigenvalue weighted by molar-refractivity contribution is -0.130. The van der Waals surface area contributed by atoms with Gasteiger partial charge in [0, 0.05) is 58.8 Å². The van der Waals surface area contributed by atoms with Gasteiger partial charge in [0.15, 0.2) is 0 Å². The lowest BCUT2D eigenvalue weighted by Crippen LogP contribution is -2.50. The number of carbonyl (C=O) groups is 2. The number of hydrogen-bond donors (Lipinski definition) is 2. The average molecular weight is 340 g/mol. The van der Waals surface area contributed by atoms with Crippen LogP contribution in [0.3, 0.4) is 0 Å². The second-order valence-corrected chi connectivity index (χ2v) is 6.74. The number of nitrogens with one attached hydrogen (secondary N) is 1. The van der Waals surface area contributed by atoms with E-state index in [1.807, 2.05) is 4.90 Å². The van der Waals surface area contributed by atoms with E-state index in [0.29, 0.717) is 19.5 Å².